The van der Waals surface area contributed by atoms with Crippen LogP contribution in [0.25, 0.3) is 55.0 Å². The van der Waals surface area contributed by atoms with E-state index >= 15 is 0 Å². The minimum absolute atomic E-state index is 0.0184. The number of para-hydroxylation sites is 4. The van der Waals surface area contributed by atoms with Gasteiger partial charge in [0.25, 0.3) is 0 Å². The van der Waals surface area contributed by atoms with Crippen molar-refractivity contribution in [1.29, 1.82) is 10.5 Å². The number of rotatable bonds is 4. The maximum absolute atomic E-state index is 10.4. The van der Waals surface area contributed by atoms with Crippen LogP contribution in [0.15, 0.2) is 176 Å². The van der Waals surface area contributed by atoms with Crippen LogP contribution in [0.1, 0.15) is 40.5 Å². The molecule has 3 aliphatic rings. The zero-order valence-corrected chi connectivity index (χ0v) is 29.8. The largest absolute Gasteiger partial charge is 0.334 e. The molecule has 5 heteroatoms. The quantitative estimate of drug-likeness (QED) is 0.183. The summed E-state index contributed by atoms with van der Waals surface area (Å²) < 4.78 is 4.71. The Morgan fingerprint density at radius 2 is 1.27 bits per heavy atom. The zero-order chi connectivity index (χ0) is 36.6. The summed E-state index contributed by atoms with van der Waals surface area (Å²) >= 11 is 0. The van der Waals surface area contributed by atoms with E-state index in [1.54, 1.807) is 0 Å². The molecule has 55 heavy (non-hydrogen) atoms. The summed E-state index contributed by atoms with van der Waals surface area (Å²) in [6.07, 6.45) is 16.6. The molecule has 0 saturated carbocycles. The third-order valence-electron chi connectivity index (χ3n) is 11.9. The van der Waals surface area contributed by atoms with Gasteiger partial charge < -0.3 is 14.0 Å². The molecule has 3 unspecified atom stereocenters. The zero-order valence-electron chi connectivity index (χ0n) is 29.8. The van der Waals surface area contributed by atoms with Crippen LogP contribution in [0.5, 0.6) is 0 Å². The standard InChI is InChI=1S/C50H33N5/c51-30-33-28-42(32-22-24-36(25-23-32)53-43-18-8-4-14-37(43)38-15-5-9-19-44(38)53)48(29-34(33)31-52)55-45-20-10-6-16-39(45)40-26-27-47-49(50(40)55)41-17-7-11-21-46(41)54(47)35-12-2-1-3-13-35/h1-22,24-29,32,37,43H,23H2. The molecule has 0 spiro atoms. The van der Waals surface area contributed by atoms with E-state index in [0.717, 1.165) is 67.0 Å². The van der Waals surface area contributed by atoms with Crippen LogP contribution in [-0.4, -0.2) is 15.2 Å². The molecule has 0 amide bonds. The molecule has 0 fully saturated rings. The Balaban J connectivity index is 1.14. The molecule has 3 heterocycles. The molecule has 0 bridgehead atoms. The van der Waals surface area contributed by atoms with Gasteiger partial charge in [-0.2, -0.15) is 10.5 Å². The number of fused-ring (bicyclic) bond motifs is 10. The second-order valence-corrected chi connectivity index (χ2v) is 14.6. The first-order valence-corrected chi connectivity index (χ1v) is 18.8. The average Bonchev–Trinajstić information content (AvgIpc) is 3.89. The van der Waals surface area contributed by atoms with Gasteiger partial charge in [0.2, 0.25) is 0 Å². The fourth-order valence-electron chi connectivity index (χ4n) is 9.50. The van der Waals surface area contributed by atoms with Crippen molar-refractivity contribution in [3.63, 3.8) is 0 Å². The first kappa shape index (κ1) is 31.2. The summed E-state index contributed by atoms with van der Waals surface area (Å²) in [6.45, 7) is 0. The maximum atomic E-state index is 10.4. The second kappa shape index (κ2) is 12.1. The second-order valence-electron chi connectivity index (χ2n) is 14.6. The van der Waals surface area contributed by atoms with E-state index in [2.05, 4.69) is 184 Å². The molecule has 0 radical (unpaired) electrons. The highest BCUT2D eigenvalue weighted by Crippen LogP contribution is 2.48. The van der Waals surface area contributed by atoms with Gasteiger partial charge in [0.1, 0.15) is 12.1 Å². The van der Waals surface area contributed by atoms with Crippen molar-refractivity contribution in [2.24, 2.45) is 0 Å². The van der Waals surface area contributed by atoms with E-state index in [1.807, 2.05) is 12.1 Å². The summed E-state index contributed by atoms with van der Waals surface area (Å²) in [5, 5.41) is 25.4. The lowest BCUT2D eigenvalue weighted by atomic mass is 9.87. The van der Waals surface area contributed by atoms with Crippen LogP contribution in [0.2, 0.25) is 0 Å². The van der Waals surface area contributed by atoms with Crippen LogP contribution >= 0.6 is 0 Å². The van der Waals surface area contributed by atoms with Gasteiger partial charge in [0.05, 0.1) is 44.9 Å². The number of anilines is 1. The summed E-state index contributed by atoms with van der Waals surface area (Å²) in [4.78, 5) is 2.47. The maximum Gasteiger partial charge on any atom is 0.101 e. The average molecular weight is 704 g/mol. The first-order chi connectivity index (χ1) is 27.2. The van der Waals surface area contributed by atoms with E-state index in [1.165, 1.54) is 16.9 Å². The van der Waals surface area contributed by atoms with Crippen molar-refractivity contribution in [2.45, 2.75) is 24.3 Å². The molecule has 5 nitrogen and oxygen atoms in total. The number of hydrogen-bond acceptors (Lipinski definition) is 3. The highest BCUT2D eigenvalue weighted by atomic mass is 15.2. The molecule has 8 aromatic rings. The van der Waals surface area contributed by atoms with Gasteiger partial charge in [0, 0.05) is 50.5 Å². The molecular formula is C50H33N5. The topological polar surface area (TPSA) is 60.7 Å². The van der Waals surface area contributed by atoms with Gasteiger partial charge >= 0.3 is 0 Å². The summed E-state index contributed by atoms with van der Waals surface area (Å²) in [5.41, 5.74) is 12.0. The van der Waals surface area contributed by atoms with E-state index in [0.29, 0.717) is 17.0 Å². The molecule has 3 atom stereocenters. The normalized spacial score (nSPS) is 18.5. The Labute approximate surface area is 318 Å². The lowest BCUT2D eigenvalue weighted by Gasteiger charge is -2.32. The Morgan fingerprint density at radius 3 is 2.07 bits per heavy atom. The third kappa shape index (κ3) is 4.51. The van der Waals surface area contributed by atoms with Gasteiger partial charge in [-0.15, -0.1) is 0 Å². The van der Waals surface area contributed by atoms with Crippen LogP contribution < -0.4 is 4.90 Å². The minimum atomic E-state index is -0.0184. The molecule has 258 valence electrons. The molecule has 11 rings (SSSR count). The van der Waals surface area contributed by atoms with Gasteiger partial charge in [-0.25, -0.2) is 0 Å². The van der Waals surface area contributed by atoms with Crippen molar-refractivity contribution in [3.8, 4) is 23.5 Å². The van der Waals surface area contributed by atoms with Crippen molar-refractivity contribution in [2.75, 3.05) is 4.90 Å². The van der Waals surface area contributed by atoms with Crippen LogP contribution in [-0.2, 0) is 0 Å². The molecule has 2 aromatic heterocycles. The molecular weight excluding hydrogens is 671 g/mol. The van der Waals surface area contributed by atoms with Crippen molar-refractivity contribution < 1.29 is 0 Å². The van der Waals surface area contributed by atoms with Crippen LogP contribution in [0, 0.1) is 22.7 Å². The van der Waals surface area contributed by atoms with E-state index in [9.17, 15) is 10.5 Å². The molecule has 1 aliphatic heterocycles. The van der Waals surface area contributed by atoms with Gasteiger partial charge in [-0.05, 0) is 72.2 Å². The lowest BCUT2D eigenvalue weighted by Crippen LogP contribution is -2.32. The van der Waals surface area contributed by atoms with Crippen LogP contribution in [0.3, 0.4) is 0 Å². The monoisotopic (exact) mass is 703 g/mol. The molecule has 2 aliphatic carbocycles. The van der Waals surface area contributed by atoms with Crippen LogP contribution in [0.4, 0.5) is 5.69 Å². The molecule has 6 aromatic carbocycles. The van der Waals surface area contributed by atoms with Gasteiger partial charge in [0.15, 0.2) is 0 Å². The SMILES string of the molecule is N#Cc1cc(C2C=CC(N3c4ccccc4C4C=CC=CC43)=CC2)c(-n2c3ccccc3c3ccc4c(c5ccccc5n4-c4ccccc4)c32)cc1C#N. The summed E-state index contributed by atoms with van der Waals surface area (Å²) in [7, 11) is 0. The number of nitriles is 2. The smallest absolute Gasteiger partial charge is 0.101 e. The van der Waals surface area contributed by atoms with E-state index in [-0.39, 0.29) is 12.0 Å². The van der Waals surface area contributed by atoms with Crippen molar-refractivity contribution >= 4 is 49.3 Å². The number of aromatic nitrogens is 2. The molecule has 0 saturated heterocycles. The molecule has 0 N–H and O–H groups in total. The number of benzene rings is 6. The van der Waals surface area contributed by atoms with Gasteiger partial charge in [-0.1, -0.05) is 115 Å². The number of nitrogens with zero attached hydrogens (tertiary/aromatic N) is 5. The predicted molar refractivity (Wildman–Crippen MR) is 223 cm³/mol. The minimum Gasteiger partial charge on any atom is -0.334 e. The highest BCUT2D eigenvalue weighted by Gasteiger charge is 2.38. The fraction of sp³-hybridized carbons (Fsp3) is 0.0800. The highest BCUT2D eigenvalue weighted by molar-refractivity contribution is 6.26. The van der Waals surface area contributed by atoms with Gasteiger partial charge in [-0.3, -0.25) is 0 Å². The van der Waals surface area contributed by atoms with Crippen molar-refractivity contribution in [3.05, 3.63) is 198 Å². The first-order valence-electron chi connectivity index (χ1n) is 18.8. The number of hydrogen-bond donors (Lipinski definition) is 0. The Hall–Kier alpha value is -7.34. The van der Waals surface area contributed by atoms with Crippen molar-refractivity contribution in [1.82, 2.24) is 9.13 Å². The fourth-order valence-corrected chi connectivity index (χ4v) is 9.50. The Kier molecular flexibility index (Phi) is 6.87. The summed E-state index contributed by atoms with van der Waals surface area (Å²) in [5.74, 6) is 0.298. The van der Waals surface area contributed by atoms with E-state index < -0.39 is 0 Å². The number of allylic oxidation sites excluding steroid dienone is 5. The third-order valence-corrected chi connectivity index (χ3v) is 11.9. The lowest BCUT2D eigenvalue weighted by molar-refractivity contribution is 0.719. The van der Waals surface area contributed by atoms with E-state index in [4.69, 9.17) is 0 Å². The summed E-state index contributed by atoms with van der Waals surface area (Å²) in [6, 6.07) is 49.8. The predicted octanol–water partition coefficient (Wildman–Crippen LogP) is 11.6. The Bertz CT molecular complexity index is 3120. The Morgan fingerprint density at radius 1 is 0.564 bits per heavy atom.